The molecule has 3 rings (SSSR count). The lowest BCUT2D eigenvalue weighted by Crippen LogP contribution is -1.94. The maximum Gasteiger partial charge on any atom is 0.339 e. The second kappa shape index (κ2) is 2.16. The third-order valence-corrected chi connectivity index (χ3v) is 2.18. The minimum absolute atomic E-state index is 0.229. The summed E-state index contributed by atoms with van der Waals surface area (Å²) in [5, 5.41) is 0. The molecule has 0 saturated carbocycles. The van der Waals surface area contributed by atoms with Crippen LogP contribution in [0.25, 0.3) is 0 Å². The number of benzene rings is 1. The predicted octanol–water partition coefficient (Wildman–Crippen LogP) is 1.09. The van der Waals surface area contributed by atoms with Gasteiger partial charge in [-0.25, -0.2) is 4.79 Å². The second-order valence-corrected chi connectivity index (χ2v) is 2.94. The molecule has 0 bridgehead atoms. The van der Waals surface area contributed by atoms with E-state index in [1.807, 2.05) is 0 Å². The molecule has 13 heavy (non-hydrogen) atoms. The fourth-order valence-corrected chi connectivity index (χ4v) is 1.51. The van der Waals surface area contributed by atoms with Crippen LogP contribution in [0.1, 0.15) is 15.9 Å². The third kappa shape index (κ3) is 0.824. The number of hydrogen-bond acceptors (Lipinski definition) is 4. The molecule has 0 atom stereocenters. The van der Waals surface area contributed by atoms with Crippen LogP contribution < -0.4 is 9.47 Å². The van der Waals surface area contributed by atoms with Gasteiger partial charge in [-0.3, -0.25) is 0 Å². The number of carbonyl (C=O) groups is 1. The molecule has 0 fully saturated rings. The van der Waals surface area contributed by atoms with Gasteiger partial charge in [-0.1, -0.05) is 0 Å². The van der Waals surface area contributed by atoms with Crippen molar-refractivity contribution in [3.63, 3.8) is 0 Å². The van der Waals surface area contributed by atoms with E-state index in [0.717, 1.165) is 5.56 Å². The summed E-state index contributed by atoms with van der Waals surface area (Å²) in [6.07, 6.45) is 0. The normalized spacial score (nSPS) is 17.1. The molecular weight excluding hydrogens is 172 g/mol. The van der Waals surface area contributed by atoms with Crippen LogP contribution >= 0.6 is 0 Å². The molecular formula is C9H6O4. The van der Waals surface area contributed by atoms with Crippen molar-refractivity contribution in [3.05, 3.63) is 23.3 Å². The summed E-state index contributed by atoms with van der Waals surface area (Å²) in [7, 11) is 0. The Hall–Kier alpha value is -1.71. The predicted molar refractivity (Wildman–Crippen MR) is 41.7 cm³/mol. The Kier molecular flexibility index (Phi) is 1.12. The van der Waals surface area contributed by atoms with Crippen molar-refractivity contribution in [2.75, 3.05) is 6.79 Å². The Labute approximate surface area is 74.0 Å². The van der Waals surface area contributed by atoms with Crippen molar-refractivity contribution < 1.29 is 19.0 Å². The fourth-order valence-electron chi connectivity index (χ4n) is 1.51. The van der Waals surface area contributed by atoms with Gasteiger partial charge in [-0.05, 0) is 12.1 Å². The molecule has 0 spiro atoms. The average molecular weight is 178 g/mol. The molecule has 2 heterocycles. The average Bonchev–Trinajstić information content (AvgIpc) is 2.70. The van der Waals surface area contributed by atoms with Crippen molar-refractivity contribution in [2.24, 2.45) is 0 Å². The van der Waals surface area contributed by atoms with E-state index in [-0.39, 0.29) is 12.8 Å². The number of carbonyl (C=O) groups excluding carboxylic acids is 1. The highest BCUT2D eigenvalue weighted by molar-refractivity contribution is 5.94. The molecule has 1 aromatic rings. The van der Waals surface area contributed by atoms with Crippen LogP contribution in [0.5, 0.6) is 11.5 Å². The zero-order valence-corrected chi connectivity index (χ0v) is 6.70. The van der Waals surface area contributed by atoms with Gasteiger partial charge >= 0.3 is 5.97 Å². The Bertz CT molecular complexity index is 397. The molecule has 0 saturated heterocycles. The van der Waals surface area contributed by atoms with Gasteiger partial charge in [0.15, 0.2) is 11.5 Å². The van der Waals surface area contributed by atoms with Crippen molar-refractivity contribution in [2.45, 2.75) is 6.61 Å². The first-order valence-electron chi connectivity index (χ1n) is 3.94. The van der Waals surface area contributed by atoms with E-state index in [9.17, 15) is 4.79 Å². The Morgan fingerprint density at radius 1 is 1.08 bits per heavy atom. The fraction of sp³-hybridized carbons (Fsp3) is 0.222. The van der Waals surface area contributed by atoms with E-state index in [1.54, 1.807) is 12.1 Å². The van der Waals surface area contributed by atoms with Crippen LogP contribution in [0.2, 0.25) is 0 Å². The molecule has 0 aromatic heterocycles. The quantitative estimate of drug-likeness (QED) is 0.558. The van der Waals surface area contributed by atoms with Crippen molar-refractivity contribution >= 4 is 5.97 Å². The highest BCUT2D eigenvalue weighted by Crippen LogP contribution is 2.37. The standard InChI is InChI=1S/C9H6O4/c10-9-6-2-8-7(12-4-13-8)1-5(6)3-11-9/h1-2H,3-4H2. The smallest absolute Gasteiger partial charge is 0.339 e. The van der Waals surface area contributed by atoms with Gasteiger partial charge in [0.1, 0.15) is 6.61 Å². The molecule has 0 aliphatic carbocycles. The summed E-state index contributed by atoms with van der Waals surface area (Å²) >= 11 is 0. The minimum Gasteiger partial charge on any atom is -0.457 e. The van der Waals surface area contributed by atoms with Crippen LogP contribution in [0.15, 0.2) is 12.1 Å². The number of rotatable bonds is 0. The Morgan fingerprint density at radius 3 is 2.69 bits per heavy atom. The van der Waals surface area contributed by atoms with Gasteiger partial charge in [-0.15, -0.1) is 0 Å². The molecule has 2 aliphatic heterocycles. The van der Waals surface area contributed by atoms with Gasteiger partial charge in [-0.2, -0.15) is 0 Å². The van der Waals surface area contributed by atoms with E-state index < -0.39 is 0 Å². The zero-order valence-electron chi connectivity index (χ0n) is 6.70. The largest absolute Gasteiger partial charge is 0.457 e. The van der Waals surface area contributed by atoms with E-state index in [0.29, 0.717) is 23.7 Å². The summed E-state index contributed by atoms with van der Waals surface area (Å²) in [6, 6.07) is 3.47. The Balaban J connectivity index is 2.22. The van der Waals surface area contributed by atoms with Crippen LogP contribution in [-0.4, -0.2) is 12.8 Å². The van der Waals surface area contributed by atoms with E-state index in [1.165, 1.54) is 0 Å². The molecule has 4 nitrogen and oxygen atoms in total. The first kappa shape index (κ1) is 6.77. The topological polar surface area (TPSA) is 44.8 Å². The summed E-state index contributed by atoms with van der Waals surface area (Å²) in [5.74, 6) is 1.03. The first-order chi connectivity index (χ1) is 6.34. The van der Waals surface area contributed by atoms with Crippen LogP contribution in [0, 0.1) is 0 Å². The lowest BCUT2D eigenvalue weighted by molar-refractivity contribution is 0.0534. The molecule has 0 radical (unpaired) electrons. The van der Waals surface area contributed by atoms with Crippen molar-refractivity contribution in [3.8, 4) is 11.5 Å². The number of cyclic esters (lactones) is 1. The Morgan fingerprint density at radius 2 is 1.85 bits per heavy atom. The summed E-state index contributed by atoms with van der Waals surface area (Å²) in [4.78, 5) is 11.1. The minimum atomic E-state index is -0.284. The van der Waals surface area contributed by atoms with Gasteiger partial charge in [0, 0.05) is 5.56 Å². The molecule has 0 amide bonds. The maximum absolute atomic E-state index is 11.1. The molecule has 2 aliphatic rings. The first-order valence-corrected chi connectivity index (χ1v) is 3.94. The van der Waals surface area contributed by atoms with Crippen molar-refractivity contribution in [1.29, 1.82) is 0 Å². The van der Waals surface area contributed by atoms with Crippen LogP contribution in [-0.2, 0) is 11.3 Å². The molecule has 66 valence electrons. The van der Waals surface area contributed by atoms with Gasteiger partial charge in [0.25, 0.3) is 0 Å². The van der Waals surface area contributed by atoms with Crippen molar-refractivity contribution in [1.82, 2.24) is 0 Å². The summed E-state index contributed by atoms with van der Waals surface area (Å²) in [5.41, 5.74) is 1.46. The lowest BCUT2D eigenvalue weighted by Gasteiger charge is -1.97. The second-order valence-electron chi connectivity index (χ2n) is 2.94. The van der Waals surface area contributed by atoms with Crippen LogP contribution in [0.3, 0.4) is 0 Å². The maximum atomic E-state index is 11.1. The number of hydrogen-bond donors (Lipinski definition) is 0. The van der Waals surface area contributed by atoms with Gasteiger partial charge in [0.05, 0.1) is 5.56 Å². The number of fused-ring (bicyclic) bond motifs is 2. The highest BCUT2D eigenvalue weighted by Gasteiger charge is 2.26. The zero-order chi connectivity index (χ0) is 8.84. The lowest BCUT2D eigenvalue weighted by atomic mass is 10.1. The molecule has 4 heteroatoms. The van der Waals surface area contributed by atoms with Gasteiger partial charge < -0.3 is 14.2 Å². The molecule has 0 unspecified atom stereocenters. The molecule has 0 N–H and O–H groups in total. The van der Waals surface area contributed by atoms with E-state index in [2.05, 4.69) is 0 Å². The summed E-state index contributed by atoms with van der Waals surface area (Å²) in [6.45, 7) is 0.568. The number of esters is 1. The third-order valence-electron chi connectivity index (χ3n) is 2.18. The van der Waals surface area contributed by atoms with E-state index >= 15 is 0 Å². The summed E-state index contributed by atoms with van der Waals surface area (Å²) < 4.78 is 15.2. The monoisotopic (exact) mass is 178 g/mol. The van der Waals surface area contributed by atoms with Crippen LogP contribution in [0.4, 0.5) is 0 Å². The highest BCUT2D eigenvalue weighted by atomic mass is 16.7. The van der Waals surface area contributed by atoms with Gasteiger partial charge in [0.2, 0.25) is 6.79 Å². The molecule has 1 aromatic carbocycles. The SMILES string of the molecule is O=C1OCc2cc3c(cc21)OCO3. The number of ether oxygens (including phenoxy) is 3. The van der Waals surface area contributed by atoms with E-state index in [4.69, 9.17) is 14.2 Å².